The summed E-state index contributed by atoms with van der Waals surface area (Å²) in [7, 11) is 3.05. The fourth-order valence-electron chi connectivity index (χ4n) is 7.09. The minimum absolute atomic E-state index is 0.170. The standard InChI is InChI=1S/C34H40F3N5O3/c1-38-33(43)22-8-13-30(32(15-22)44-2)39-14-4-5-27-16-28-29(6-3-7-31(28)42(27)21-34(35,36)37)40-25-9-11-26(12-10-25)41-17-23-19-45-20-24(23)18-41/h3,6-8,13,15-16,23-26,39-40H,9-12,14,17-21H2,1-2H3,(H,38,43)/t23?,24?,25-,26+. The molecule has 2 atom stereocenters. The largest absolute Gasteiger partial charge is 0.495 e. The van der Waals surface area contributed by atoms with Gasteiger partial charge in [0.1, 0.15) is 12.3 Å². The van der Waals surface area contributed by atoms with E-state index >= 15 is 0 Å². The Morgan fingerprint density at radius 1 is 1.04 bits per heavy atom. The second-order valence-corrected chi connectivity index (χ2v) is 12.3. The van der Waals surface area contributed by atoms with Gasteiger partial charge in [-0.05, 0) is 68.0 Å². The second kappa shape index (κ2) is 13.2. The molecule has 6 rings (SSSR count). The molecular weight excluding hydrogens is 583 g/mol. The number of carbonyl (C=O) groups is 1. The van der Waals surface area contributed by atoms with Crippen LogP contribution >= 0.6 is 0 Å². The topological polar surface area (TPSA) is 79.8 Å². The molecule has 11 heteroatoms. The van der Waals surface area contributed by atoms with Crippen LogP contribution in [0.2, 0.25) is 0 Å². The van der Waals surface area contributed by atoms with Crippen molar-refractivity contribution in [2.75, 3.05) is 57.6 Å². The van der Waals surface area contributed by atoms with Crippen LogP contribution in [0, 0.1) is 23.7 Å². The molecule has 3 heterocycles. The van der Waals surface area contributed by atoms with Crippen molar-refractivity contribution in [1.29, 1.82) is 0 Å². The van der Waals surface area contributed by atoms with Crippen molar-refractivity contribution in [3.05, 3.63) is 53.7 Å². The number of anilines is 2. The van der Waals surface area contributed by atoms with Crippen LogP contribution < -0.4 is 20.7 Å². The van der Waals surface area contributed by atoms with Crippen LogP contribution in [0.15, 0.2) is 42.5 Å². The van der Waals surface area contributed by atoms with Gasteiger partial charge in [-0.3, -0.25) is 9.69 Å². The molecule has 2 unspecified atom stereocenters. The zero-order valence-electron chi connectivity index (χ0n) is 25.7. The summed E-state index contributed by atoms with van der Waals surface area (Å²) in [5.74, 6) is 7.51. The molecule has 3 aliphatic rings. The lowest BCUT2D eigenvalue weighted by Crippen LogP contribution is -2.40. The molecule has 0 spiro atoms. The van der Waals surface area contributed by atoms with Gasteiger partial charge in [0.25, 0.3) is 5.91 Å². The van der Waals surface area contributed by atoms with Crippen molar-refractivity contribution in [2.45, 2.75) is 50.5 Å². The number of nitrogens with one attached hydrogen (secondary N) is 3. The molecule has 0 radical (unpaired) electrons. The molecule has 8 nitrogen and oxygen atoms in total. The molecule has 1 saturated carbocycles. The molecule has 2 aromatic carbocycles. The van der Waals surface area contributed by atoms with E-state index in [2.05, 4.69) is 32.7 Å². The Hall–Kier alpha value is -3.88. The zero-order valence-corrected chi connectivity index (χ0v) is 25.7. The lowest BCUT2D eigenvalue weighted by Gasteiger charge is -2.35. The number of methoxy groups -OCH3 is 1. The summed E-state index contributed by atoms with van der Waals surface area (Å²) < 4.78 is 53.4. The highest BCUT2D eigenvalue weighted by Gasteiger charge is 2.40. The minimum atomic E-state index is -4.40. The summed E-state index contributed by atoms with van der Waals surface area (Å²) in [5, 5.41) is 10.1. The number of halogens is 3. The Kier molecular flexibility index (Phi) is 9.15. The second-order valence-electron chi connectivity index (χ2n) is 12.3. The highest BCUT2D eigenvalue weighted by atomic mass is 19.4. The van der Waals surface area contributed by atoms with Gasteiger partial charge >= 0.3 is 6.18 Å². The Bertz CT molecular complexity index is 1570. The van der Waals surface area contributed by atoms with Crippen molar-refractivity contribution in [3.8, 4) is 17.6 Å². The van der Waals surface area contributed by atoms with Gasteiger partial charge in [0.2, 0.25) is 0 Å². The van der Waals surface area contributed by atoms with Gasteiger partial charge in [-0.1, -0.05) is 12.0 Å². The molecule has 2 saturated heterocycles. The van der Waals surface area contributed by atoms with Gasteiger partial charge in [-0.15, -0.1) is 0 Å². The van der Waals surface area contributed by atoms with E-state index in [0.717, 1.165) is 63.1 Å². The molecule has 45 heavy (non-hydrogen) atoms. The third-order valence-electron chi connectivity index (χ3n) is 9.40. The number of fused-ring (bicyclic) bond motifs is 2. The van der Waals surface area contributed by atoms with E-state index < -0.39 is 12.7 Å². The average molecular weight is 624 g/mol. The van der Waals surface area contributed by atoms with Crippen molar-refractivity contribution in [3.63, 3.8) is 0 Å². The van der Waals surface area contributed by atoms with Crippen molar-refractivity contribution in [2.24, 2.45) is 11.8 Å². The summed E-state index contributed by atoms with van der Waals surface area (Å²) in [6.45, 7) is 3.10. The molecule has 1 aromatic heterocycles. The lowest BCUT2D eigenvalue weighted by molar-refractivity contribution is -0.140. The molecule has 3 aromatic rings. The number of aromatic nitrogens is 1. The van der Waals surface area contributed by atoms with Crippen molar-refractivity contribution >= 4 is 28.2 Å². The van der Waals surface area contributed by atoms with E-state index in [9.17, 15) is 18.0 Å². The van der Waals surface area contributed by atoms with Crippen LogP contribution in [0.25, 0.3) is 10.9 Å². The van der Waals surface area contributed by atoms with Gasteiger partial charge < -0.3 is 30.0 Å². The Labute approximate surface area is 261 Å². The number of rotatable bonds is 8. The lowest BCUT2D eigenvalue weighted by atomic mass is 9.90. The van der Waals surface area contributed by atoms with Crippen LogP contribution in [0.4, 0.5) is 24.5 Å². The van der Waals surface area contributed by atoms with E-state index in [-0.39, 0.29) is 18.5 Å². The van der Waals surface area contributed by atoms with Crippen LogP contribution in [0.3, 0.4) is 0 Å². The van der Waals surface area contributed by atoms with Crippen molar-refractivity contribution < 1.29 is 27.4 Å². The monoisotopic (exact) mass is 623 g/mol. The minimum Gasteiger partial charge on any atom is -0.495 e. The molecule has 2 aliphatic heterocycles. The van der Waals surface area contributed by atoms with Gasteiger partial charge in [0.15, 0.2) is 0 Å². The maximum Gasteiger partial charge on any atom is 0.406 e. The molecule has 1 amide bonds. The maximum absolute atomic E-state index is 13.7. The average Bonchev–Trinajstić information content (AvgIpc) is 3.73. The summed E-state index contributed by atoms with van der Waals surface area (Å²) in [5.41, 5.74) is 2.71. The maximum atomic E-state index is 13.7. The SMILES string of the molecule is CNC(=O)c1ccc(NCC#Cc2cc3c(N[C@H]4CC[C@@H](N5CC6COCC6C5)CC4)cccc3n2CC(F)(F)F)c(OC)c1. The number of ether oxygens (including phenoxy) is 2. The summed E-state index contributed by atoms with van der Waals surface area (Å²) in [4.78, 5) is 14.6. The van der Waals surface area contributed by atoms with Gasteiger partial charge in [0, 0.05) is 60.7 Å². The smallest absolute Gasteiger partial charge is 0.406 e. The molecule has 240 valence electrons. The first kappa shape index (κ1) is 31.1. The molecule has 1 aliphatic carbocycles. The Balaban J connectivity index is 1.15. The van der Waals surface area contributed by atoms with E-state index in [4.69, 9.17) is 9.47 Å². The van der Waals surface area contributed by atoms with E-state index in [1.165, 1.54) is 11.7 Å². The summed E-state index contributed by atoms with van der Waals surface area (Å²) >= 11 is 0. The number of hydrogen-bond donors (Lipinski definition) is 3. The number of nitrogens with zero attached hydrogens (tertiary/aromatic N) is 2. The third kappa shape index (κ3) is 7.02. The van der Waals surface area contributed by atoms with Gasteiger partial charge in [0.05, 0.1) is 43.8 Å². The van der Waals surface area contributed by atoms with Crippen LogP contribution in [-0.4, -0.2) is 80.6 Å². The summed E-state index contributed by atoms with van der Waals surface area (Å²) in [6, 6.07) is 13.1. The first-order valence-electron chi connectivity index (χ1n) is 15.6. The Morgan fingerprint density at radius 2 is 1.80 bits per heavy atom. The normalized spacial score (nSPS) is 23.3. The van der Waals surface area contributed by atoms with Gasteiger partial charge in [-0.25, -0.2) is 0 Å². The first-order chi connectivity index (χ1) is 21.7. The fraction of sp³-hybridized carbons (Fsp3) is 0.500. The highest BCUT2D eigenvalue weighted by molar-refractivity contribution is 5.95. The van der Waals surface area contributed by atoms with E-state index in [0.29, 0.717) is 46.1 Å². The first-order valence-corrected chi connectivity index (χ1v) is 15.6. The van der Waals surface area contributed by atoms with E-state index in [1.54, 1.807) is 37.4 Å². The number of benzene rings is 2. The number of likely N-dealkylation sites (tertiary alicyclic amines) is 1. The molecule has 3 fully saturated rings. The molecule has 0 bridgehead atoms. The highest BCUT2D eigenvalue weighted by Crippen LogP contribution is 2.36. The number of carbonyl (C=O) groups excluding carboxylic acids is 1. The van der Waals surface area contributed by atoms with Crippen molar-refractivity contribution in [1.82, 2.24) is 14.8 Å². The summed E-state index contributed by atoms with van der Waals surface area (Å²) in [6.07, 6.45) is -0.113. The van der Waals surface area contributed by atoms with Crippen LogP contribution in [-0.2, 0) is 11.3 Å². The molecule has 3 N–H and O–H groups in total. The quantitative estimate of drug-likeness (QED) is 0.294. The van der Waals surface area contributed by atoms with Crippen LogP contribution in [0.1, 0.15) is 41.7 Å². The number of hydrogen-bond acceptors (Lipinski definition) is 6. The fourth-order valence-corrected chi connectivity index (χ4v) is 7.09. The molecular formula is C34H40F3N5O3. The van der Waals surface area contributed by atoms with E-state index in [1.807, 2.05) is 12.1 Å². The predicted molar refractivity (Wildman–Crippen MR) is 169 cm³/mol. The number of amides is 1. The zero-order chi connectivity index (χ0) is 31.6. The third-order valence-corrected chi connectivity index (χ3v) is 9.40. The Morgan fingerprint density at radius 3 is 2.49 bits per heavy atom. The number of alkyl halides is 3. The van der Waals surface area contributed by atoms with Crippen LogP contribution in [0.5, 0.6) is 5.75 Å². The van der Waals surface area contributed by atoms with Gasteiger partial charge in [-0.2, -0.15) is 13.2 Å². The predicted octanol–water partition coefficient (Wildman–Crippen LogP) is 5.34.